The largest absolute Gasteiger partial charge is 0.319 e. The molecule has 1 aromatic carbocycles. The van der Waals surface area contributed by atoms with Crippen LogP contribution in [-0.4, -0.2) is 10.9 Å². The average molecular weight is 281 g/mol. The number of aromatic nitrogens is 1. The van der Waals surface area contributed by atoms with E-state index in [1.54, 1.807) is 30.3 Å². The van der Waals surface area contributed by atoms with Crippen molar-refractivity contribution in [1.82, 2.24) is 4.98 Å². The maximum absolute atomic E-state index is 12.0. The highest BCUT2D eigenvalue weighted by Gasteiger charge is 2.11. The molecule has 0 radical (unpaired) electrons. The molecule has 0 spiro atoms. The van der Waals surface area contributed by atoms with E-state index in [-0.39, 0.29) is 5.91 Å². The minimum absolute atomic E-state index is 0.294. The topological polar surface area (TPSA) is 42.0 Å². The molecule has 0 aliphatic carbocycles. The molecule has 2 rings (SSSR count). The minimum Gasteiger partial charge on any atom is -0.319 e. The van der Waals surface area contributed by atoms with Crippen LogP contribution in [0.25, 0.3) is 0 Å². The fraction of sp³-hybridized carbons (Fsp3) is 0.0769. The number of rotatable bonds is 2. The number of halogens is 2. The Morgan fingerprint density at radius 1 is 1.17 bits per heavy atom. The van der Waals surface area contributed by atoms with Gasteiger partial charge in [0.05, 0.1) is 21.3 Å². The molecular formula is C13H10Cl2N2O. The van der Waals surface area contributed by atoms with Gasteiger partial charge >= 0.3 is 0 Å². The number of carbonyl (C=O) groups excluding carboxylic acids is 1. The second-order valence-electron chi connectivity index (χ2n) is 3.74. The molecule has 1 aromatic heterocycles. The van der Waals surface area contributed by atoms with Gasteiger partial charge in [-0.25, -0.2) is 0 Å². The number of hydrogen-bond acceptors (Lipinski definition) is 2. The molecule has 92 valence electrons. The van der Waals surface area contributed by atoms with E-state index < -0.39 is 0 Å². The van der Waals surface area contributed by atoms with Crippen molar-refractivity contribution < 1.29 is 4.79 Å². The molecule has 3 nitrogen and oxygen atoms in total. The summed E-state index contributed by atoms with van der Waals surface area (Å²) in [4.78, 5) is 16.0. The van der Waals surface area contributed by atoms with Gasteiger partial charge in [-0.2, -0.15) is 0 Å². The van der Waals surface area contributed by atoms with Crippen molar-refractivity contribution in [1.29, 1.82) is 0 Å². The van der Waals surface area contributed by atoms with Gasteiger partial charge in [0.2, 0.25) is 0 Å². The zero-order chi connectivity index (χ0) is 13.1. The molecule has 1 N–H and O–H groups in total. The smallest absolute Gasteiger partial charge is 0.257 e. The van der Waals surface area contributed by atoms with Gasteiger partial charge in [0.15, 0.2) is 0 Å². The molecule has 2 aromatic rings. The molecule has 0 atom stereocenters. The SMILES string of the molecule is Cc1ccc(C(=O)Nc2c(Cl)cccc2Cl)cn1. The second-order valence-corrected chi connectivity index (χ2v) is 4.55. The molecule has 0 unspecified atom stereocenters. The summed E-state index contributed by atoms with van der Waals surface area (Å²) in [5, 5.41) is 3.47. The van der Waals surface area contributed by atoms with Crippen LogP contribution in [0.3, 0.4) is 0 Å². The third kappa shape index (κ3) is 2.81. The van der Waals surface area contributed by atoms with Gasteiger partial charge in [0.25, 0.3) is 5.91 Å². The van der Waals surface area contributed by atoms with Crippen molar-refractivity contribution in [3.8, 4) is 0 Å². The van der Waals surface area contributed by atoms with Crippen LogP contribution >= 0.6 is 23.2 Å². The molecule has 0 saturated heterocycles. The lowest BCUT2D eigenvalue weighted by atomic mass is 10.2. The Kier molecular flexibility index (Phi) is 3.84. The zero-order valence-electron chi connectivity index (χ0n) is 9.58. The Labute approximate surface area is 115 Å². The number of aryl methyl sites for hydroxylation is 1. The standard InChI is InChI=1S/C13H10Cl2N2O/c1-8-5-6-9(7-16-8)13(18)17-12-10(14)3-2-4-11(12)15/h2-7H,1H3,(H,17,18). The summed E-state index contributed by atoms with van der Waals surface area (Å²) in [6.07, 6.45) is 1.51. The third-order valence-electron chi connectivity index (χ3n) is 2.37. The second kappa shape index (κ2) is 5.38. The monoisotopic (exact) mass is 280 g/mol. The molecule has 0 bridgehead atoms. The Bertz CT molecular complexity index is 562. The molecule has 0 aliphatic rings. The predicted molar refractivity (Wildman–Crippen MR) is 73.4 cm³/mol. The maximum Gasteiger partial charge on any atom is 0.257 e. The van der Waals surface area contributed by atoms with Gasteiger partial charge in [-0.1, -0.05) is 29.3 Å². The Morgan fingerprint density at radius 3 is 2.39 bits per heavy atom. The molecule has 18 heavy (non-hydrogen) atoms. The van der Waals surface area contributed by atoms with Crippen LogP contribution in [0, 0.1) is 6.92 Å². The number of amides is 1. The van der Waals surface area contributed by atoms with Gasteiger partial charge in [-0.05, 0) is 31.2 Å². The van der Waals surface area contributed by atoms with Crippen LogP contribution in [0.15, 0.2) is 36.5 Å². The van der Waals surface area contributed by atoms with E-state index in [4.69, 9.17) is 23.2 Å². The first-order valence-electron chi connectivity index (χ1n) is 5.26. The fourth-order valence-electron chi connectivity index (χ4n) is 1.41. The van der Waals surface area contributed by atoms with Gasteiger partial charge < -0.3 is 5.32 Å². The lowest BCUT2D eigenvalue weighted by molar-refractivity contribution is 0.102. The number of hydrogen-bond donors (Lipinski definition) is 1. The lowest BCUT2D eigenvalue weighted by Crippen LogP contribution is -2.13. The van der Waals surface area contributed by atoms with E-state index in [1.807, 2.05) is 6.92 Å². The van der Waals surface area contributed by atoms with Crippen LogP contribution in [-0.2, 0) is 0 Å². The Morgan fingerprint density at radius 2 is 1.83 bits per heavy atom. The van der Waals surface area contributed by atoms with E-state index in [9.17, 15) is 4.79 Å². The van der Waals surface area contributed by atoms with Crippen LogP contribution in [0.2, 0.25) is 10.0 Å². The normalized spacial score (nSPS) is 10.2. The summed E-state index contributed by atoms with van der Waals surface area (Å²) in [5.74, 6) is -0.294. The molecule has 5 heteroatoms. The lowest BCUT2D eigenvalue weighted by Gasteiger charge is -2.08. The average Bonchev–Trinajstić information content (AvgIpc) is 2.34. The summed E-state index contributed by atoms with van der Waals surface area (Å²) in [5.41, 5.74) is 1.71. The first-order valence-corrected chi connectivity index (χ1v) is 6.01. The first kappa shape index (κ1) is 12.9. The quantitative estimate of drug-likeness (QED) is 0.905. The number of para-hydroxylation sites is 1. The molecule has 1 amide bonds. The van der Waals surface area contributed by atoms with Crippen molar-refractivity contribution >= 4 is 34.8 Å². The number of pyridine rings is 1. The minimum atomic E-state index is -0.294. The number of anilines is 1. The van der Waals surface area contributed by atoms with E-state index in [0.29, 0.717) is 21.3 Å². The van der Waals surface area contributed by atoms with Crippen LogP contribution in [0.1, 0.15) is 16.1 Å². The summed E-state index contributed by atoms with van der Waals surface area (Å²) in [6, 6.07) is 8.51. The maximum atomic E-state index is 12.0. The number of carbonyl (C=O) groups is 1. The zero-order valence-corrected chi connectivity index (χ0v) is 11.1. The van der Waals surface area contributed by atoms with Gasteiger partial charge in [-0.15, -0.1) is 0 Å². The molecule has 0 fully saturated rings. The van der Waals surface area contributed by atoms with Crippen LogP contribution in [0.5, 0.6) is 0 Å². The third-order valence-corrected chi connectivity index (χ3v) is 3.00. The fourth-order valence-corrected chi connectivity index (χ4v) is 1.90. The van der Waals surface area contributed by atoms with Crippen molar-refractivity contribution in [3.05, 3.63) is 57.8 Å². The number of benzene rings is 1. The Hall–Kier alpha value is -1.58. The van der Waals surface area contributed by atoms with Crippen LogP contribution in [0.4, 0.5) is 5.69 Å². The first-order chi connectivity index (χ1) is 8.58. The summed E-state index contributed by atoms with van der Waals surface area (Å²) in [6.45, 7) is 1.85. The van der Waals surface area contributed by atoms with Gasteiger partial charge in [-0.3, -0.25) is 9.78 Å². The highest BCUT2D eigenvalue weighted by atomic mass is 35.5. The predicted octanol–water partition coefficient (Wildman–Crippen LogP) is 3.95. The van der Waals surface area contributed by atoms with E-state index in [0.717, 1.165) is 5.69 Å². The highest BCUT2D eigenvalue weighted by Crippen LogP contribution is 2.30. The highest BCUT2D eigenvalue weighted by molar-refractivity contribution is 6.40. The van der Waals surface area contributed by atoms with E-state index >= 15 is 0 Å². The molecule has 0 saturated carbocycles. The van der Waals surface area contributed by atoms with Gasteiger partial charge in [0.1, 0.15) is 0 Å². The summed E-state index contributed by atoms with van der Waals surface area (Å²) in [7, 11) is 0. The van der Waals surface area contributed by atoms with Crippen molar-refractivity contribution in [2.75, 3.05) is 5.32 Å². The van der Waals surface area contributed by atoms with Crippen molar-refractivity contribution in [3.63, 3.8) is 0 Å². The van der Waals surface area contributed by atoms with Crippen LogP contribution < -0.4 is 5.32 Å². The van der Waals surface area contributed by atoms with E-state index in [1.165, 1.54) is 6.20 Å². The number of nitrogens with one attached hydrogen (secondary N) is 1. The molecule has 0 aliphatic heterocycles. The molecular weight excluding hydrogens is 271 g/mol. The van der Waals surface area contributed by atoms with Crippen molar-refractivity contribution in [2.45, 2.75) is 6.92 Å². The molecule has 1 heterocycles. The Balaban J connectivity index is 2.24. The summed E-state index contributed by atoms with van der Waals surface area (Å²) < 4.78 is 0. The van der Waals surface area contributed by atoms with Gasteiger partial charge in [0, 0.05) is 11.9 Å². The van der Waals surface area contributed by atoms with E-state index in [2.05, 4.69) is 10.3 Å². The van der Waals surface area contributed by atoms with Crippen molar-refractivity contribution in [2.24, 2.45) is 0 Å². The number of nitrogens with zero attached hydrogens (tertiary/aromatic N) is 1. The summed E-state index contributed by atoms with van der Waals surface area (Å²) >= 11 is 11.9.